The summed E-state index contributed by atoms with van der Waals surface area (Å²) in [5.41, 5.74) is 3.08. The number of H-pyrrole nitrogens is 1. The van der Waals surface area contributed by atoms with Gasteiger partial charge in [0.1, 0.15) is 17.6 Å². The number of hydrogen-bond donors (Lipinski definition) is 1. The molecular weight excluding hydrogens is 458 g/mol. The highest BCUT2D eigenvalue weighted by atomic mass is 16.7. The monoisotopic (exact) mass is 489 g/mol. The first-order chi connectivity index (χ1) is 17.6. The van der Waals surface area contributed by atoms with Gasteiger partial charge in [0.25, 0.3) is 0 Å². The number of aromatic amines is 1. The first-order valence-electron chi connectivity index (χ1n) is 12.1. The lowest BCUT2D eigenvalue weighted by molar-refractivity contribution is -0.225. The van der Waals surface area contributed by atoms with Crippen LogP contribution in [0.2, 0.25) is 0 Å². The van der Waals surface area contributed by atoms with Crippen LogP contribution in [-0.4, -0.2) is 54.2 Å². The molecule has 0 unspecified atom stereocenters. The molecule has 0 spiro atoms. The summed E-state index contributed by atoms with van der Waals surface area (Å²) < 4.78 is 15.3. The zero-order chi connectivity index (χ0) is 25.5. The van der Waals surface area contributed by atoms with Crippen LogP contribution < -0.4 is 0 Å². The smallest absolute Gasteiger partial charge is 0.231 e. The van der Waals surface area contributed by atoms with E-state index in [0.717, 1.165) is 42.8 Å². The third-order valence-corrected chi connectivity index (χ3v) is 6.19. The highest BCUT2D eigenvalue weighted by Gasteiger charge is 2.36. The Kier molecular flexibility index (Phi) is 7.87. The fourth-order valence-electron chi connectivity index (χ4n) is 4.27. The molecule has 0 aliphatic carbocycles. The predicted molar refractivity (Wildman–Crippen MR) is 132 cm³/mol. The van der Waals surface area contributed by atoms with Crippen LogP contribution in [0.15, 0.2) is 36.4 Å². The highest BCUT2D eigenvalue weighted by Crippen LogP contribution is 2.29. The summed E-state index contributed by atoms with van der Waals surface area (Å²) in [4.78, 5) is 4.84. The highest BCUT2D eigenvalue weighted by molar-refractivity contribution is 5.58. The fourth-order valence-corrected chi connectivity index (χ4v) is 4.27. The van der Waals surface area contributed by atoms with Crippen LogP contribution in [0.4, 0.5) is 0 Å². The van der Waals surface area contributed by atoms with Gasteiger partial charge in [-0.25, -0.2) is 14.8 Å². The van der Waals surface area contributed by atoms with Crippen molar-refractivity contribution in [1.29, 1.82) is 5.26 Å². The van der Waals surface area contributed by atoms with Gasteiger partial charge < -0.3 is 9.47 Å². The summed E-state index contributed by atoms with van der Waals surface area (Å²) in [6.45, 7) is 4.79. The number of unbranched alkanes of at least 4 members (excludes halogenated alkanes) is 1. The molecule has 0 fully saturated rings. The van der Waals surface area contributed by atoms with E-state index in [-0.39, 0.29) is 0 Å². The second kappa shape index (κ2) is 11.2. The van der Waals surface area contributed by atoms with Gasteiger partial charge in [0.05, 0.1) is 12.2 Å². The number of benzene rings is 1. The molecule has 0 radical (unpaired) electrons. The summed E-state index contributed by atoms with van der Waals surface area (Å²) in [6, 6.07) is 13.8. The van der Waals surface area contributed by atoms with Crippen molar-refractivity contribution in [3.05, 3.63) is 59.3 Å². The van der Waals surface area contributed by atoms with Gasteiger partial charge in [0, 0.05) is 32.7 Å². The second-order valence-electron chi connectivity index (χ2n) is 8.49. The zero-order valence-corrected chi connectivity index (χ0v) is 21.1. The molecular formula is C25H31N9O2. The maximum Gasteiger partial charge on any atom is 0.231 e. The van der Waals surface area contributed by atoms with Crippen molar-refractivity contribution >= 4 is 0 Å². The number of aromatic nitrogens is 8. The number of nitrogens with zero attached hydrogens (tertiary/aromatic N) is 8. The van der Waals surface area contributed by atoms with E-state index in [2.05, 4.69) is 40.5 Å². The third-order valence-electron chi connectivity index (χ3n) is 6.19. The summed E-state index contributed by atoms with van der Waals surface area (Å²) >= 11 is 0. The molecule has 0 amide bonds. The molecule has 0 aliphatic heterocycles. The van der Waals surface area contributed by atoms with Gasteiger partial charge in [-0.1, -0.05) is 38.8 Å². The maximum absolute atomic E-state index is 9.62. The van der Waals surface area contributed by atoms with Gasteiger partial charge in [0.2, 0.25) is 11.6 Å². The Balaban J connectivity index is 1.65. The van der Waals surface area contributed by atoms with Crippen LogP contribution in [0.25, 0.3) is 17.2 Å². The van der Waals surface area contributed by atoms with E-state index >= 15 is 0 Å². The molecule has 4 rings (SSSR count). The first-order valence-corrected chi connectivity index (χ1v) is 12.1. The van der Waals surface area contributed by atoms with Crippen molar-refractivity contribution in [3.8, 4) is 23.3 Å². The van der Waals surface area contributed by atoms with Gasteiger partial charge in [-0.2, -0.15) is 5.26 Å². The first kappa shape index (κ1) is 25.2. The van der Waals surface area contributed by atoms with Crippen molar-refractivity contribution in [2.75, 3.05) is 14.2 Å². The minimum absolute atomic E-state index is 0.489. The van der Waals surface area contributed by atoms with Crippen molar-refractivity contribution in [2.24, 2.45) is 0 Å². The Labute approximate surface area is 210 Å². The van der Waals surface area contributed by atoms with Gasteiger partial charge in [-0.3, -0.25) is 4.57 Å². The van der Waals surface area contributed by atoms with Crippen molar-refractivity contribution in [2.45, 2.75) is 58.3 Å². The zero-order valence-electron chi connectivity index (χ0n) is 21.1. The molecule has 0 aliphatic rings. The van der Waals surface area contributed by atoms with Crippen molar-refractivity contribution in [1.82, 2.24) is 40.0 Å². The van der Waals surface area contributed by atoms with Gasteiger partial charge in [-0.15, -0.1) is 10.2 Å². The quantitative estimate of drug-likeness (QED) is 0.298. The number of aryl methyl sites for hydroxylation is 1. The molecule has 0 atom stereocenters. The van der Waals surface area contributed by atoms with Crippen molar-refractivity contribution < 1.29 is 9.47 Å². The van der Waals surface area contributed by atoms with E-state index in [4.69, 9.17) is 19.6 Å². The molecule has 4 aromatic rings. The lowest BCUT2D eigenvalue weighted by atomic mass is 10.1. The molecule has 0 saturated carbocycles. The molecule has 36 heavy (non-hydrogen) atoms. The van der Waals surface area contributed by atoms with Gasteiger partial charge in [-0.05, 0) is 46.7 Å². The Hall–Kier alpha value is -3.88. The number of nitriles is 1. The molecule has 0 saturated heterocycles. The summed E-state index contributed by atoms with van der Waals surface area (Å²) in [5, 5.41) is 28.5. The predicted octanol–water partition coefficient (Wildman–Crippen LogP) is 3.76. The van der Waals surface area contributed by atoms with Gasteiger partial charge >= 0.3 is 0 Å². The largest absolute Gasteiger partial charge is 0.347 e. The van der Waals surface area contributed by atoms with E-state index < -0.39 is 5.79 Å². The molecule has 0 bridgehead atoms. The Morgan fingerprint density at radius 2 is 1.83 bits per heavy atom. The second-order valence-corrected chi connectivity index (χ2v) is 8.49. The molecule has 3 aromatic heterocycles. The van der Waals surface area contributed by atoms with Crippen molar-refractivity contribution in [3.63, 3.8) is 0 Å². The lowest BCUT2D eigenvalue weighted by Gasteiger charge is -2.27. The number of hydrogen-bond acceptors (Lipinski definition) is 8. The van der Waals surface area contributed by atoms with E-state index in [1.165, 1.54) is 0 Å². The molecule has 188 valence electrons. The summed E-state index contributed by atoms with van der Waals surface area (Å²) in [7, 11) is 3.26. The minimum atomic E-state index is -0.959. The molecule has 3 heterocycles. The fraction of sp³-hybridized carbons (Fsp3) is 0.440. The van der Waals surface area contributed by atoms with E-state index in [9.17, 15) is 5.26 Å². The summed E-state index contributed by atoms with van der Waals surface area (Å²) in [6.07, 6.45) is 4.43. The number of tetrazole rings is 1. The molecule has 11 heteroatoms. The number of ether oxygens (including phenoxy) is 2. The molecule has 11 nitrogen and oxygen atoms in total. The Morgan fingerprint density at radius 3 is 2.44 bits per heavy atom. The van der Waals surface area contributed by atoms with Crippen LogP contribution in [0.3, 0.4) is 0 Å². The SMILES string of the molecule is CCCCc1nc(C(CCC)(OC)OC)nn1Cc1ccc(-n2c(C#N)ccc2-c2nnn[nH]2)cc1. The Morgan fingerprint density at radius 1 is 1.06 bits per heavy atom. The number of nitrogens with one attached hydrogen (secondary N) is 1. The average molecular weight is 490 g/mol. The summed E-state index contributed by atoms with van der Waals surface area (Å²) in [5.74, 6) is 0.984. The van der Waals surface area contributed by atoms with Crippen LogP contribution in [0.1, 0.15) is 62.4 Å². The maximum atomic E-state index is 9.62. The molecule has 1 N–H and O–H groups in total. The van der Waals surface area contributed by atoms with E-state index in [1.54, 1.807) is 20.3 Å². The van der Waals surface area contributed by atoms with E-state index in [0.29, 0.717) is 36.0 Å². The standard InChI is InChI=1S/C25H31N9O2/c1-5-7-8-22-27-24(25(35-3,36-4)15-6-2)30-33(22)17-18-9-11-19(12-10-18)34-20(16-26)13-14-21(34)23-28-31-32-29-23/h9-14H,5-8,15,17H2,1-4H3,(H,28,29,31,32). The van der Waals surface area contributed by atoms with Gasteiger partial charge in [0.15, 0.2) is 5.82 Å². The Bertz CT molecular complexity index is 1300. The van der Waals surface area contributed by atoms with E-state index in [1.807, 2.05) is 39.6 Å². The number of methoxy groups -OCH3 is 2. The molecule has 1 aromatic carbocycles. The van der Waals surface area contributed by atoms with Crippen LogP contribution >= 0.6 is 0 Å². The van der Waals surface area contributed by atoms with Crippen LogP contribution in [0.5, 0.6) is 0 Å². The van der Waals surface area contributed by atoms with Crippen LogP contribution in [0, 0.1) is 11.3 Å². The average Bonchev–Trinajstić information content (AvgIpc) is 3.66. The number of rotatable bonds is 12. The topological polar surface area (TPSA) is 132 Å². The third kappa shape index (κ3) is 4.91. The minimum Gasteiger partial charge on any atom is -0.347 e. The van der Waals surface area contributed by atoms with Crippen LogP contribution in [-0.2, 0) is 28.2 Å². The normalized spacial score (nSPS) is 11.6. The lowest BCUT2D eigenvalue weighted by Crippen LogP contribution is -2.32.